The fourth-order valence-corrected chi connectivity index (χ4v) is 1.81. The van der Waals surface area contributed by atoms with Crippen LogP contribution in [0, 0.1) is 0 Å². The summed E-state index contributed by atoms with van der Waals surface area (Å²) in [5.74, 6) is -0.541. The minimum absolute atomic E-state index is 0.107. The average molecular weight is 309 g/mol. The number of aliphatic carboxylic acids is 1. The largest absolute Gasteiger partial charge is 0.481 e. The van der Waals surface area contributed by atoms with E-state index in [1.165, 1.54) is 7.11 Å². The number of carboxylic acids is 1. The van der Waals surface area contributed by atoms with Gasteiger partial charge in [-0.1, -0.05) is 26.0 Å². The van der Waals surface area contributed by atoms with Gasteiger partial charge < -0.3 is 19.9 Å². The average Bonchev–Trinajstić information content (AvgIpc) is 2.47. The lowest BCUT2D eigenvalue weighted by atomic mass is 10.0. The third kappa shape index (κ3) is 5.37. The molecule has 0 heterocycles. The monoisotopic (exact) mass is 309 g/mol. The number of nitrogens with one attached hydrogen (secondary N) is 1. The molecule has 22 heavy (non-hydrogen) atoms. The van der Waals surface area contributed by atoms with Gasteiger partial charge in [0.2, 0.25) is 0 Å². The van der Waals surface area contributed by atoms with Gasteiger partial charge in [-0.3, -0.25) is 4.79 Å². The molecule has 122 valence electrons. The topological polar surface area (TPSA) is 84.9 Å². The maximum absolute atomic E-state index is 11.9. The molecule has 0 aliphatic carbocycles. The van der Waals surface area contributed by atoms with Crippen molar-refractivity contribution in [3.05, 3.63) is 29.8 Å². The van der Waals surface area contributed by atoms with Gasteiger partial charge in [0.15, 0.2) is 12.2 Å². The fourth-order valence-electron chi connectivity index (χ4n) is 1.81. The lowest BCUT2D eigenvalue weighted by Crippen LogP contribution is -2.43. The number of carbonyl (C=O) groups excluding carboxylic acids is 1. The summed E-state index contributed by atoms with van der Waals surface area (Å²) >= 11 is 0. The smallest absolute Gasteiger partial charge is 0.334 e. The molecule has 1 rings (SSSR count). The standard InChI is InChI=1S/C16H23NO5/c1-10(2)12-6-5-7-13(8-12)22-11(3)15(18)17-9-14(21-4)16(19)20/h5-8,10-11,14H,9H2,1-4H3,(H,17,18)(H,19,20). The summed E-state index contributed by atoms with van der Waals surface area (Å²) in [6.45, 7) is 5.66. The van der Waals surface area contributed by atoms with E-state index in [4.69, 9.17) is 14.6 Å². The summed E-state index contributed by atoms with van der Waals surface area (Å²) in [4.78, 5) is 22.7. The number of hydrogen-bond donors (Lipinski definition) is 2. The first-order chi connectivity index (χ1) is 10.3. The van der Waals surface area contributed by atoms with E-state index in [0.717, 1.165) is 5.56 Å². The van der Waals surface area contributed by atoms with Crippen molar-refractivity contribution >= 4 is 11.9 Å². The van der Waals surface area contributed by atoms with Gasteiger partial charge in [0.1, 0.15) is 5.75 Å². The minimum Gasteiger partial charge on any atom is -0.481 e. The molecule has 0 bridgehead atoms. The maximum atomic E-state index is 11.9. The Bertz CT molecular complexity index is 515. The Morgan fingerprint density at radius 3 is 2.50 bits per heavy atom. The van der Waals surface area contributed by atoms with E-state index in [1.807, 2.05) is 18.2 Å². The highest BCUT2D eigenvalue weighted by Crippen LogP contribution is 2.20. The summed E-state index contributed by atoms with van der Waals surface area (Å²) in [5.41, 5.74) is 1.12. The van der Waals surface area contributed by atoms with Gasteiger partial charge in [0.05, 0.1) is 6.54 Å². The van der Waals surface area contributed by atoms with E-state index >= 15 is 0 Å². The maximum Gasteiger partial charge on any atom is 0.334 e. The number of carboxylic acid groups (broad SMARTS) is 1. The molecule has 2 N–H and O–H groups in total. The van der Waals surface area contributed by atoms with Crippen molar-refractivity contribution < 1.29 is 24.2 Å². The van der Waals surface area contributed by atoms with E-state index in [0.29, 0.717) is 11.7 Å². The molecule has 0 spiro atoms. The van der Waals surface area contributed by atoms with Crippen LogP contribution in [0.15, 0.2) is 24.3 Å². The van der Waals surface area contributed by atoms with Crippen LogP contribution in [0.5, 0.6) is 5.75 Å². The number of rotatable bonds is 8. The van der Waals surface area contributed by atoms with Crippen molar-refractivity contribution in [1.82, 2.24) is 5.32 Å². The Hall–Kier alpha value is -2.08. The predicted octanol–water partition coefficient (Wildman–Crippen LogP) is 1.79. The fraction of sp³-hybridized carbons (Fsp3) is 0.500. The summed E-state index contributed by atoms with van der Waals surface area (Å²) in [6.07, 6.45) is -1.80. The van der Waals surface area contributed by atoms with E-state index in [-0.39, 0.29) is 6.54 Å². The van der Waals surface area contributed by atoms with Crippen LogP contribution >= 0.6 is 0 Å². The minimum atomic E-state index is -1.12. The van der Waals surface area contributed by atoms with E-state index < -0.39 is 24.1 Å². The lowest BCUT2D eigenvalue weighted by molar-refractivity contribution is -0.148. The Kier molecular flexibility index (Phi) is 6.85. The van der Waals surface area contributed by atoms with Crippen molar-refractivity contribution in [3.8, 4) is 5.75 Å². The molecule has 0 radical (unpaired) electrons. The summed E-state index contributed by atoms with van der Waals surface area (Å²) in [6, 6.07) is 7.55. The molecule has 1 aromatic carbocycles. The van der Waals surface area contributed by atoms with Crippen LogP contribution < -0.4 is 10.1 Å². The molecule has 0 saturated carbocycles. The third-order valence-corrected chi connectivity index (χ3v) is 3.23. The SMILES string of the molecule is COC(CNC(=O)C(C)Oc1cccc(C(C)C)c1)C(=O)O. The summed E-state index contributed by atoms with van der Waals surface area (Å²) < 4.78 is 10.3. The van der Waals surface area contributed by atoms with Gasteiger partial charge in [-0.25, -0.2) is 4.79 Å². The second-order valence-electron chi connectivity index (χ2n) is 5.30. The molecule has 0 aromatic heterocycles. The number of ether oxygens (including phenoxy) is 2. The van der Waals surface area contributed by atoms with Crippen molar-refractivity contribution in [1.29, 1.82) is 0 Å². The molecular formula is C16H23NO5. The first-order valence-electron chi connectivity index (χ1n) is 7.15. The second kappa shape index (κ2) is 8.38. The highest BCUT2D eigenvalue weighted by atomic mass is 16.5. The van der Waals surface area contributed by atoms with Crippen LogP contribution in [0.25, 0.3) is 0 Å². The summed E-state index contributed by atoms with van der Waals surface area (Å²) in [7, 11) is 1.28. The van der Waals surface area contributed by atoms with Crippen LogP contribution in [0.2, 0.25) is 0 Å². The Balaban J connectivity index is 2.57. The van der Waals surface area contributed by atoms with Crippen LogP contribution in [-0.2, 0) is 14.3 Å². The van der Waals surface area contributed by atoms with Crippen LogP contribution in [-0.4, -0.2) is 42.8 Å². The van der Waals surface area contributed by atoms with Crippen molar-refractivity contribution in [2.45, 2.75) is 38.9 Å². The van der Waals surface area contributed by atoms with Gasteiger partial charge in [-0.05, 0) is 30.5 Å². The first kappa shape index (κ1) is 18.0. The van der Waals surface area contributed by atoms with E-state index in [2.05, 4.69) is 19.2 Å². The lowest BCUT2D eigenvalue weighted by Gasteiger charge is -2.17. The number of methoxy groups -OCH3 is 1. The number of amides is 1. The van der Waals surface area contributed by atoms with Gasteiger partial charge in [-0.2, -0.15) is 0 Å². The van der Waals surface area contributed by atoms with Crippen LogP contribution in [0.4, 0.5) is 0 Å². The van der Waals surface area contributed by atoms with E-state index in [9.17, 15) is 9.59 Å². The van der Waals surface area contributed by atoms with Gasteiger partial charge in [0, 0.05) is 7.11 Å². The molecule has 6 nitrogen and oxygen atoms in total. The molecule has 1 aromatic rings. The van der Waals surface area contributed by atoms with Gasteiger partial charge in [-0.15, -0.1) is 0 Å². The van der Waals surface area contributed by atoms with Crippen LogP contribution in [0.3, 0.4) is 0 Å². The zero-order chi connectivity index (χ0) is 16.7. The zero-order valence-electron chi connectivity index (χ0n) is 13.3. The molecule has 0 aliphatic heterocycles. The Morgan fingerprint density at radius 2 is 1.95 bits per heavy atom. The Morgan fingerprint density at radius 1 is 1.27 bits per heavy atom. The zero-order valence-corrected chi connectivity index (χ0v) is 13.3. The van der Waals surface area contributed by atoms with Gasteiger partial charge in [0.25, 0.3) is 5.91 Å². The second-order valence-corrected chi connectivity index (χ2v) is 5.30. The van der Waals surface area contributed by atoms with Gasteiger partial charge >= 0.3 is 5.97 Å². The molecule has 0 fully saturated rings. The van der Waals surface area contributed by atoms with Crippen LogP contribution in [0.1, 0.15) is 32.3 Å². The molecule has 2 atom stereocenters. The molecule has 0 aliphatic rings. The molecule has 6 heteroatoms. The molecule has 2 unspecified atom stereocenters. The summed E-state index contributed by atoms with van der Waals surface area (Å²) in [5, 5.41) is 11.3. The predicted molar refractivity (Wildman–Crippen MR) is 82.1 cm³/mol. The van der Waals surface area contributed by atoms with Crippen molar-refractivity contribution in [3.63, 3.8) is 0 Å². The molecular weight excluding hydrogens is 286 g/mol. The first-order valence-corrected chi connectivity index (χ1v) is 7.15. The number of carbonyl (C=O) groups is 2. The normalized spacial score (nSPS) is 13.5. The van der Waals surface area contributed by atoms with E-state index in [1.54, 1.807) is 13.0 Å². The Labute approximate surface area is 130 Å². The quantitative estimate of drug-likeness (QED) is 0.765. The third-order valence-electron chi connectivity index (χ3n) is 3.23. The molecule has 1 amide bonds. The number of hydrogen-bond acceptors (Lipinski definition) is 4. The number of benzene rings is 1. The van der Waals surface area contributed by atoms with Crippen molar-refractivity contribution in [2.75, 3.05) is 13.7 Å². The molecule has 0 saturated heterocycles. The highest BCUT2D eigenvalue weighted by Gasteiger charge is 2.20. The highest BCUT2D eigenvalue weighted by molar-refractivity contribution is 5.81. The van der Waals surface area contributed by atoms with Crippen molar-refractivity contribution in [2.24, 2.45) is 0 Å².